The standard InChI is InChI=1S/C13H17Cl2NO2/c14-6-9-18-8-1-7-16-13(17)10-11-2-4-12(15)5-3-11/h2-5H,1,6-10H2,(H,16,17). The summed E-state index contributed by atoms with van der Waals surface area (Å²) >= 11 is 11.2. The predicted molar refractivity (Wildman–Crippen MR) is 74.3 cm³/mol. The highest BCUT2D eigenvalue weighted by molar-refractivity contribution is 6.30. The number of nitrogens with one attached hydrogen (secondary N) is 1. The van der Waals surface area contributed by atoms with Gasteiger partial charge in [0.1, 0.15) is 0 Å². The Morgan fingerprint density at radius 3 is 2.61 bits per heavy atom. The first kappa shape index (κ1) is 15.3. The molecule has 0 radical (unpaired) electrons. The van der Waals surface area contributed by atoms with Gasteiger partial charge in [-0.05, 0) is 24.1 Å². The SMILES string of the molecule is O=C(Cc1ccc(Cl)cc1)NCCCOCCCl. The largest absolute Gasteiger partial charge is 0.380 e. The maximum atomic E-state index is 11.6. The van der Waals surface area contributed by atoms with Crippen LogP contribution >= 0.6 is 23.2 Å². The normalized spacial score (nSPS) is 10.3. The summed E-state index contributed by atoms with van der Waals surface area (Å²) in [5, 5.41) is 3.51. The molecule has 1 rings (SSSR count). The van der Waals surface area contributed by atoms with Crippen molar-refractivity contribution in [2.45, 2.75) is 12.8 Å². The number of hydrogen-bond acceptors (Lipinski definition) is 2. The zero-order valence-corrected chi connectivity index (χ0v) is 11.6. The summed E-state index contributed by atoms with van der Waals surface area (Å²) in [6.07, 6.45) is 1.17. The maximum Gasteiger partial charge on any atom is 0.224 e. The lowest BCUT2D eigenvalue weighted by atomic mass is 10.1. The summed E-state index contributed by atoms with van der Waals surface area (Å²) in [5.41, 5.74) is 0.954. The molecule has 100 valence electrons. The first-order valence-electron chi connectivity index (χ1n) is 5.87. The van der Waals surface area contributed by atoms with Crippen LogP contribution in [-0.4, -0.2) is 31.5 Å². The second-order valence-corrected chi connectivity index (χ2v) is 4.62. The van der Waals surface area contributed by atoms with Gasteiger partial charge in [0.05, 0.1) is 13.0 Å². The van der Waals surface area contributed by atoms with E-state index in [4.69, 9.17) is 27.9 Å². The zero-order valence-electron chi connectivity index (χ0n) is 10.1. The van der Waals surface area contributed by atoms with E-state index in [0.717, 1.165) is 12.0 Å². The molecule has 0 spiro atoms. The quantitative estimate of drug-likeness (QED) is 0.590. The van der Waals surface area contributed by atoms with Crippen molar-refractivity contribution in [1.29, 1.82) is 0 Å². The van der Waals surface area contributed by atoms with E-state index in [1.807, 2.05) is 12.1 Å². The molecule has 0 aliphatic carbocycles. The molecule has 0 fully saturated rings. The van der Waals surface area contributed by atoms with Gasteiger partial charge in [0.15, 0.2) is 0 Å². The molecule has 0 saturated heterocycles. The van der Waals surface area contributed by atoms with Crippen LogP contribution in [0.4, 0.5) is 0 Å². The second-order valence-electron chi connectivity index (χ2n) is 3.81. The highest BCUT2D eigenvalue weighted by Crippen LogP contribution is 2.09. The Bertz CT molecular complexity index is 355. The molecule has 3 nitrogen and oxygen atoms in total. The minimum Gasteiger partial charge on any atom is -0.380 e. The number of rotatable bonds is 8. The van der Waals surface area contributed by atoms with Crippen molar-refractivity contribution in [1.82, 2.24) is 5.32 Å². The van der Waals surface area contributed by atoms with Crippen molar-refractivity contribution in [3.63, 3.8) is 0 Å². The van der Waals surface area contributed by atoms with Crippen LogP contribution in [-0.2, 0) is 16.0 Å². The van der Waals surface area contributed by atoms with E-state index in [9.17, 15) is 4.79 Å². The summed E-state index contributed by atoms with van der Waals surface area (Å²) in [5.74, 6) is 0.512. The van der Waals surface area contributed by atoms with Crippen molar-refractivity contribution >= 4 is 29.1 Å². The fourth-order valence-corrected chi connectivity index (χ4v) is 1.64. The number of ether oxygens (including phenoxy) is 1. The van der Waals surface area contributed by atoms with Crippen LogP contribution in [0, 0.1) is 0 Å². The molecular formula is C13H17Cl2NO2. The van der Waals surface area contributed by atoms with Crippen molar-refractivity contribution in [2.24, 2.45) is 0 Å². The van der Waals surface area contributed by atoms with Gasteiger partial charge in [-0.3, -0.25) is 4.79 Å². The number of amides is 1. The molecular weight excluding hydrogens is 273 g/mol. The number of benzene rings is 1. The van der Waals surface area contributed by atoms with Crippen LogP contribution in [0.2, 0.25) is 5.02 Å². The minimum absolute atomic E-state index is 0.00895. The van der Waals surface area contributed by atoms with Crippen LogP contribution in [0.5, 0.6) is 0 Å². The molecule has 0 bridgehead atoms. The third kappa shape index (κ3) is 6.84. The van der Waals surface area contributed by atoms with Crippen LogP contribution < -0.4 is 5.32 Å². The van der Waals surface area contributed by atoms with Gasteiger partial charge in [-0.1, -0.05) is 23.7 Å². The number of carbonyl (C=O) groups is 1. The minimum atomic E-state index is 0.00895. The Morgan fingerprint density at radius 1 is 1.22 bits per heavy atom. The molecule has 1 aromatic rings. The molecule has 1 amide bonds. The van der Waals surface area contributed by atoms with Crippen molar-refractivity contribution < 1.29 is 9.53 Å². The molecule has 0 heterocycles. The van der Waals surface area contributed by atoms with Crippen LogP contribution in [0.15, 0.2) is 24.3 Å². The summed E-state index contributed by atoms with van der Waals surface area (Å²) in [7, 11) is 0. The topological polar surface area (TPSA) is 38.3 Å². The Kier molecular flexibility index (Phi) is 7.81. The van der Waals surface area contributed by atoms with E-state index in [1.165, 1.54) is 0 Å². The zero-order chi connectivity index (χ0) is 13.2. The molecule has 0 aliphatic heterocycles. The lowest BCUT2D eigenvalue weighted by Gasteiger charge is -2.05. The van der Waals surface area contributed by atoms with Gasteiger partial charge in [0.25, 0.3) is 0 Å². The van der Waals surface area contributed by atoms with Crippen molar-refractivity contribution in [3.05, 3.63) is 34.9 Å². The van der Waals surface area contributed by atoms with Gasteiger partial charge in [-0.2, -0.15) is 0 Å². The Labute approximate surface area is 117 Å². The molecule has 1 aromatic carbocycles. The Morgan fingerprint density at radius 2 is 1.94 bits per heavy atom. The summed E-state index contributed by atoms with van der Waals surface area (Å²) in [6.45, 7) is 1.79. The van der Waals surface area contributed by atoms with E-state index >= 15 is 0 Å². The maximum absolute atomic E-state index is 11.6. The smallest absolute Gasteiger partial charge is 0.224 e. The highest BCUT2D eigenvalue weighted by atomic mass is 35.5. The second kappa shape index (κ2) is 9.20. The van der Waals surface area contributed by atoms with E-state index in [2.05, 4.69) is 5.32 Å². The van der Waals surface area contributed by atoms with Crippen molar-refractivity contribution in [2.75, 3.05) is 25.6 Å². The van der Waals surface area contributed by atoms with E-state index < -0.39 is 0 Å². The third-order valence-electron chi connectivity index (χ3n) is 2.29. The lowest BCUT2D eigenvalue weighted by Crippen LogP contribution is -2.26. The number of hydrogen-bond donors (Lipinski definition) is 1. The van der Waals surface area contributed by atoms with E-state index in [0.29, 0.717) is 37.1 Å². The molecule has 1 N–H and O–H groups in total. The van der Waals surface area contributed by atoms with E-state index in [-0.39, 0.29) is 5.91 Å². The molecule has 0 aromatic heterocycles. The van der Waals surface area contributed by atoms with Gasteiger partial charge < -0.3 is 10.1 Å². The first-order valence-corrected chi connectivity index (χ1v) is 6.78. The van der Waals surface area contributed by atoms with Gasteiger partial charge in [-0.25, -0.2) is 0 Å². The van der Waals surface area contributed by atoms with Gasteiger partial charge in [0.2, 0.25) is 5.91 Å². The van der Waals surface area contributed by atoms with Gasteiger partial charge in [-0.15, -0.1) is 11.6 Å². The number of alkyl halides is 1. The highest BCUT2D eigenvalue weighted by Gasteiger charge is 2.02. The molecule has 0 aliphatic rings. The summed E-state index contributed by atoms with van der Waals surface area (Å²) in [6, 6.07) is 7.27. The Balaban J connectivity index is 2.12. The predicted octanol–water partition coefficient (Wildman–Crippen LogP) is 2.64. The average Bonchev–Trinajstić information content (AvgIpc) is 2.36. The molecule has 18 heavy (non-hydrogen) atoms. The van der Waals surface area contributed by atoms with Gasteiger partial charge in [0, 0.05) is 24.1 Å². The lowest BCUT2D eigenvalue weighted by molar-refractivity contribution is -0.120. The molecule has 0 saturated carbocycles. The average molecular weight is 290 g/mol. The number of halogens is 2. The Hall–Kier alpha value is -0.770. The summed E-state index contributed by atoms with van der Waals surface area (Å²) in [4.78, 5) is 11.6. The summed E-state index contributed by atoms with van der Waals surface area (Å²) < 4.78 is 5.20. The van der Waals surface area contributed by atoms with Gasteiger partial charge >= 0.3 is 0 Å². The monoisotopic (exact) mass is 289 g/mol. The molecule has 5 heteroatoms. The molecule has 0 unspecified atom stereocenters. The van der Waals surface area contributed by atoms with Crippen molar-refractivity contribution in [3.8, 4) is 0 Å². The van der Waals surface area contributed by atoms with E-state index in [1.54, 1.807) is 12.1 Å². The number of carbonyl (C=O) groups excluding carboxylic acids is 1. The molecule has 0 atom stereocenters. The van der Waals surface area contributed by atoms with Crippen LogP contribution in [0.3, 0.4) is 0 Å². The van der Waals surface area contributed by atoms with Crippen LogP contribution in [0.25, 0.3) is 0 Å². The first-order chi connectivity index (χ1) is 8.72. The van der Waals surface area contributed by atoms with Crippen LogP contribution in [0.1, 0.15) is 12.0 Å². The fourth-order valence-electron chi connectivity index (χ4n) is 1.41. The third-order valence-corrected chi connectivity index (χ3v) is 2.69. The fraction of sp³-hybridized carbons (Fsp3) is 0.462.